The van der Waals surface area contributed by atoms with Gasteiger partial charge < -0.3 is 24.1 Å². The van der Waals surface area contributed by atoms with Crippen molar-refractivity contribution in [1.29, 1.82) is 0 Å². The zero-order chi connectivity index (χ0) is 32.8. The second kappa shape index (κ2) is 14.5. The zero-order valence-electron chi connectivity index (χ0n) is 26.7. The molecule has 4 atom stereocenters. The third-order valence-corrected chi connectivity index (χ3v) is 7.97. The molecule has 0 radical (unpaired) electrons. The summed E-state index contributed by atoms with van der Waals surface area (Å²) in [6.07, 6.45) is -1.06. The highest BCUT2D eigenvalue weighted by atomic mass is 32.2. The number of β-amino-alcohol motifs (C(OH)–C–C–N with tert-alkyl or cyclic N) is 1. The maximum Gasteiger partial charge on any atom is 0.411 e. The summed E-state index contributed by atoms with van der Waals surface area (Å²) in [6.45, 7) is 11.2. The van der Waals surface area contributed by atoms with Crippen LogP contribution in [0, 0.1) is 0 Å². The van der Waals surface area contributed by atoms with E-state index in [1.807, 2.05) is 32.9 Å². The molecule has 0 unspecified atom stereocenters. The Labute approximate surface area is 263 Å². The lowest BCUT2D eigenvalue weighted by atomic mass is 10.1. The Kier molecular flexibility index (Phi) is 11.5. The average Bonchev–Trinajstić information content (AvgIpc) is 3.54. The maximum absolute atomic E-state index is 12.6. The first kappa shape index (κ1) is 35.0. The van der Waals surface area contributed by atoms with Crippen molar-refractivity contribution in [3.63, 3.8) is 0 Å². The van der Waals surface area contributed by atoms with Gasteiger partial charge in [-0.2, -0.15) is 0 Å². The van der Waals surface area contributed by atoms with Crippen molar-refractivity contribution in [2.24, 2.45) is 0 Å². The van der Waals surface area contributed by atoms with Crippen molar-refractivity contribution in [2.75, 3.05) is 27.3 Å². The first-order valence-electron chi connectivity index (χ1n) is 14.5. The van der Waals surface area contributed by atoms with E-state index in [9.17, 15) is 24.3 Å². The standard InChI is InChI=1S/C21H25NO4S.C11H19NO5/c1-21(2,3)26-20(24)22-13-17(12-18(22)19(23)25-4)27-16-10-9-14-7-5-6-8-15(14)11-16;1-11(2,3)17-10(15)12-6-7(13)5-8(12)9(14)16-4/h5-11,17-18H,12-13H2,1-4H3;7-8,13H,5-6H2,1-4H3/t17-,18+;7-,8-/m10/s1. The molecule has 0 bridgehead atoms. The van der Waals surface area contributed by atoms with E-state index < -0.39 is 53.5 Å². The summed E-state index contributed by atoms with van der Waals surface area (Å²) >= 11 is 1.68. The van der Waals surface area contributed by atoms with Gasteiger partial charge in [-0.3, -0.25) is 9.80 Å². The van der Waals surface area contributed by atoms with E-state index in [0.29, 0.717) is 13.0 Å². The van der Waals surface area contributed by atoms with Crippen molar-refractivity contribution in [3.05, 3.63) is 42.5 Å². The molecular formula is C32H44N2O9S. The lowest BCUT2D eigenvalue weighted by Crippen LogP contribution is -2.43. The van der Waals surface area contributed by atoms with E-state index in [-0.39, 0.29) is 18.2 Å². The number of ether oxygens (including phenoxy) is 4. The quantitative estimate of drug-likeness (QED) is 0.362. The van der Waals surface area contributed by atoms with Gasteiger partial charge in [-0.05, 0) is 70.9 Å². The third-order valence-electron chi connectivity index (χ3n) is 6.77. The lowest BCUT2D eigenvalue weighted by Gasteiger charge is -2.27. The highest BCUT2D eigenvalue weighted by molar-refractivity contribution is 8.00. The fraction of sp³-hybridized carbons (Fsp3) is 0.562. The Morgan fingerprint density at radius 1 is 0.750 bits per heavy atom. The SMILES string of the molecule is COC(=O)[C@@H]1C[C@@H](Sc2ccc3ccccc3c2)CN1C(=O)OC(C)(C)C.COC(=O)[C@@H]1C[C@H](O)CN1C(=O)OC(C)(C)C. The molecule has 2 aromatic carbocycles. The molecule has 242 valence electrons. The molecular weight excluding hydrogens is 588 g/mol. The van der Waals surface area contributed by atoms with Crippen LogP contribution < -0.4 is 0 Å². The second-order valence-corrected chi connectivity index (χ2v) is 14.1. The zero-order valence-corrected chi connectivity index (χ0v) is 27.5. The minimum absolute atomic E-state index is 0.0919. The van der Waals surface area contributed by atoms with Gasteiger partial charge in [-0.1, -0.05) is 30.3 Å². The predicted octanol–water partition coefficient (Wildman–Crippen LogP) is 5.01. The number of carbonyl (C=O) groups is 4. The highest BCUT2D eigenvalue weighted by Crippen LogP contribution is 2.35. The van der Waals surface area contributed by atoms with Crippen LogP contribution in [0.5, 0.6) is 0 Å². The van der Waals surface area contributed by atoms with Crippen molar-refractivity contribution in [2.45, 2.75) is 93.9 Å². The summed E-state index contributed by atoms with van der Waals surface area (Å²) in [7, 11) is 2.60. The van der Waals surface area contributed by atoms with E-state index in [1.165, 1.54) is 34.8 Å². The van der Waals surface area contributed by atoms with Gasteiger partial charge in [0.15, 0.2) is 0 Å². The molecule has 2 fully saturated rings. The number of aliphatic hydroxyl groups is 1. The molecule has 2 amide bonds. The fourth-order valence-electron chi connectivity index (χ4n) is 4.89. The number of nitrogens with zero attached hydrogens (tertiary/aromatic N) is 2. The highest BCUT2D eigenvalue weighted by Gasteiger charge is 2.43. The summed E-state index contributed by atoms with van der Waals surface area (Å²) in [5.41, 5.74) is -1.24. The number of thioether (sulfide) groups is 1. The Bertz CT molecular complexity index is 1340. The van der Waals surface area contributed by atoms with Crippen LogP contribution in [-0.4, -0.2) is 101 Å². The predicted molar refractivity (Wildman–Crippen MR) is 166 cm³/mol. The van der Waals surface area contributed by atoms with Crippen molar-refractivity contribution < 1.29 is 43.2 Å². The third kappa shape index (κ3) is 9.75. The first-order valence-corrected chi connectivity index (χ1v) is 15.4. The summed E-state index contributed by atoms with van der Waals surface area (Å²) in [4.78, 5) is 51.8. The molecule has 2 saturated heterocycles. The number of esters is 2. The molecule has 12 heteroatoms. The molecule has 44 heavy (non-hydrogen) atoms. The van der Waals surface area contributed by atoms with E-state index in [4.69, 9.17) is 14.2 Å². The van der Waals surface area contributed by atoms with Crippen LogP contribution in [-0.2, 0) is 28.5 Å². The number of methoxy groups -OCH3 is 2. The molecule has 2 aromatic rings. The minimum Gasteiger partial charge on any atom is -0.467 e. The molecule has 0 saturated carbocycles. The molecule has 0 aliphatic carbocycles. The van der Waals surface area contributed by atoms with Gasteiger partial charge in [0, 0.05) is 23.1 Å². The van der Waals surface area contributed by atoms with Crippen LogP contribution in [0.1, 0.15) is 54.4 Å². The number of carbonyl (C=O) groups excluding carboxylic acids is 4. The smallest absolute Gasteiger partial charge is 0.411 e. The summed E-state index contributed by atoms with van der Waals surface area (Å²) < 4.78 is 20.1. The van der Waals surface area contributed by atoms with Gasteiger partial charge in [-0.25, -0.2) is 19.2 Å². The van der Waals surface area contributed by atoms with Gasteiger partial charge in [0.1, 0.15) is 23.3 Å². The summed E-state index contributed by atoms with van der Waals surface area (Å²) in [5, 5.41) is 12.0. The van der Waals surface area contributed by atoms with Crippen LogP contribution in [0.3, 0.4) is 0 Å². The molecule has 0 aromatic heterocycles. The first-order chi connectivity index (χ1) is 20.5. The molecule has 2 aliphatic heterocycles. The van der Waals surface area contributed by atoms with Crippen LogP contribution in [0.2, 0.25) is 0 Å². The van der Waals surface area contributed by atoms with E-state index in [1.54, 1.807) is 32.5 Å². The van der Waals surface area contributed by atoms with Gasteiger partial charge in [0.05, 0.1) is 26.9 Å². The Balaban J connectivity index is 0.000000269. The van der Waals surface area contributed by atoms with E-state index >= 15 is 0 Å². The Morgan fingerprint density at radius 2 is 1.25 bits per heavy atom. The largest absolute Gasteiger partial charge is 0.467 e. The summed E-state index contributed by atoms with van der Waals surface area (Å²) in [5.74, 6) is -0.935. The van der Waals surface area contributed by atoms with Crippen LogP contribution in [0.15, 0.2) is 47.4 Å². The van der Waals surface area contributed by atoms with E-state index in [0.717, 1.165) is 4.90 Å². The number of hydrogen-bond donors (Lipinski definition) is 1. The van der Waals surface area contributed by atoms with Gasteiger partial charge in [0.25, 0.3) is 0 Å². The molecule has 2 heterocycles. The van der Waals surface area contributed by atoms with Crippen LogP contribution >= 0.6 is 11.8 Å². The van der Waals surface area contributed by atoms with Crippen molar-refractivity contribution in [3.8, 4) is 0 Å². The topological polar surface area (TPSA) is 132 Å². The molecule has 1 N–H and O–H groups in total. The van der Waals surface area contributed by atoms with Crippen molar-refractivity contribution >= 4 is 46.7 Å². The summed E-state index contributed by atoms with van der Waals surface area (Å²) in [6, 6.07) is 13.1. The molecule has 4 rings (SSSR count). The van der Waals surface area contributed by atoms with Crippen LogP contribution in [0.4, 0.5) is 9.59 Å². The number of hydrogen-bond acceptors (Lipinski definition) is 10. The monoisotopic (exact) mass is 632 g/mol. The molecule has 11 nitrogen and oxygen atoms in total. The number of amides is 2. The van der Waals surface area contributed by atoms with Gasteiger partial charge in [0.2, 0.25) is 0 Å². The minimum atomic E-state index is -0.759. The normalized spacial score (nSPS) is 21.8. The maximum atomic E-state index is 12.6. The Morgan fingerprint density at radius 3 is 1.77 bits per heavy atom. The number of likely N-dealkylation sites (tertiary alicyclic amines) is 2. The number of benzene rings is 2. The van der Waals surface area contributed by atoms with E-state index in [2.05, 4.69) is 35.1 Å². The number of rotatable bonds is 4. The average molecular weight is 633 g/mol. The van der Waals surface area contributed by atoms with Gasteiger partial charge in [-0.15, -0.1) is 11.8 Å². The second-order valence-electron chi connectivity index (χ2n) is 12.7. The number of fused-ring (bicyclic) bond motifs is 1. The lowest BCUT2D eigenvalue weighted by molar-refractivity contribution is -0.146. The Hall–Kier alpha value is -3.51. The van der Waals surface area contributed by atoms with Crippen molar-refractivity contribution in [1.82, 2.24) is 9.80 Å². The van der Waals surface area contributed by atoms with Crippen LogP contribution in [0.25, 0.3) is 10.8 Å². The van der Waals surface area contributed by atoms with Gasteiger partial charge >= 0.3 is 24.1 Å². The molecule has 0 spiro atoms. The number of aliphatic hydroxyl groups excluding tert-OH is 1. The fourth-order valence-corrected chi connectivity index (χ4v) is 6.13. The molecule has 2 aliphatic rings.